The predicted octanol–water partition coefficient (Wildman–Crippen LogP) is 6.61. The molecule has 6 nitrogen and oxygen atoms in total. The predicted molar refractivity (Wildman–Crippen MR) is 150 cm³/mol. The molecule has 2 aromatic heterocycles. The fourth-order valence-corrected chi connectivity index (χ4v) is 5.07. The van der Waals surface area contributed by atoms with Crippen LogP contribution in [-0.4, -0.2) is 27.4 Å². The zero-order valence-corrected chi connectivity index (χ0v) is 22.1. The third-order valence-electron chi connectivity index (χ3n) is 6.56. The zero-order chi connectivity index (χ0) is 25.9. The van der Waals surface area contributed by atoms with E-state index in [1.165, 1.54) is 0 Å². The fourth-order valence-electron chi connectivity index (χ4n) is 4.57. The van der Waals surface area contributed by atoms with Gasteiger partial charge in [0.2, 0.25) is 5.91 Å². The van der Waals surface area contributed by atoms with Crippen LogP contribution in [0.1, 0.15) is 41.1 Å². The van der Waals surface area contributed by atoms with Crippen molar-refractivity contribution in [2.45, 2.75) is 32.4 Å². The maximum absolute atomic E-state index is 12.8. The highest BCUT2D eigenvalue weighted by Gasteiger charge is 2.41. The lowest BCUT2D eigenvalue weighted by Crippen LogP contribution is -2.32. The molecule has 2 N–H and O–H groups in total. The number of pyridine rings is 1. The van der Waals surface area contributed by atoms with Crippen LogP contribution in [-0.2, 0) is 4.79 Å². The number of halogens is 1. The molecule has 1 aliphatic rings. The zero-order valence-electron chi connectivity index (χ0n) is 20.6. The first-order valence-corrected chi connectivity index (χ1v) is 12.9. The number of benzene rings is 2. The molecule has 37 heavy (non-hydrogen) atoms. The molecule has 3 heterocycles. The summed E-state index contributed by atoms with van der Waals surface area (Å²) in [4.78, 5) is 19.3. The molecule has 0 bridgehead atoms. The highest BCUT2D eigenvalue weighted by atomic mass is 35.5. The lowest BCUT2D eigenvalue weighted by molar-refractivity contribution is -0.116. The largest absolute Gasteiger partial charge is 0.459 e. The van der Waals surface area contributed by atoms with Crippen LogP contribution in [0, 0.1) is 13.8 Å². The SMILES string of the molecule is Cc1ccc(NC(=O)CCN2C(=S)N[C@@H](c3ccccn3)[C@@H]2c2ccc(-c3cccc(Cl)c3C)o2)cc1. The Balaban J connectivity index is 1.41. The lowest BCUT2D eigenvalue weighted by atomic mass is 10.0. The van der Waals surface area contributed by atoms with E-state index in [2.05, 4.69) is 15.6 Å². The number of nitrogens with one attached hydrogen (secondary N) is 2. The Morgan fingerprint density at radius 1 is 1.08 bits per heavy atom. The lowest BCUT2D eigenvalue weighted by Gasteiger charge is -2.25. The molecular formula is C29H27ClN4O2S. The van der Waals surface area contributed by atoms with Gasteiger partial charge in [0.1, 0.15) is 17.6 Å². The Bertz CT molecular complexity index is 1420. The number of anilines is 1. The summed E-state index contributed by atoms with van der Waals surface area (Å²) in [6.07, 6.45) is 2.03. The van der Waals surface area contributed by atoms with E-state index in [-0.39, 0.29) is 24.4 Å². The third-order valence-corrected chi connectivity index (χ3v) is 7.33. The van der Waals surface area contributed by atoms with Crippen LogP contribution < -0.4 is 10.6 Å². The number of hydrogen-bond donors (Lipinski definition) is 2. The van der Waals surface area contributed by atoms with Crippen molar-refractivity contribution in [3.8, 4) is 11.3 Å². The average molecular weight is 531 g/mol. The van der Waals surface area contributed by atoms with Crippen LogP contribution in [0.3, 0.4) is 0 Å². The van der Waals surface area contributed by atoms with Gasteiger partial charge in [0, 0.05) is 35.4 Å². The van der Waals surface area contributed by atoms with E-state index in [9.17, 15) is 4.79 Å². The van der Waals surface area contributed by atoms with Gasteiger partial charge in [-0.25, -0.2) is 0 Å². The van der Waals surface area contributed by atoms with Crippen molar-refractivity contribution >= 4 is 40.5 Å². The normalized spacial score (nSPS) is 17.1. The van der Waals surface area contributed by atoms with Crippen molar-refractivity contribution in [2.24, 2.45) is 0 Å². The molecule has 188 valence electrons. The molecule has 8 heteroatoms. The van der Waals surface area contributed by atoms with E-state index in [0.717, 1.165) is 39.6 Å². The summed E-state index contributed by atoms with van der Waals surface area (Å²) in [7, 11) is 0. The number of nitrogens with zero attached hydrogens (tertiary/aromatic N) is 2. The summed E-state index contributed by atoms with van der Waals surface area (Å²) in [6, 6.07) is 22.7. The second-order valence-electron chi connectivity index (χ2n) is 9.10. The van der Waals surface area contributed by atoms with E-state index in [4.69, 9.17) is 28.2 Å². The van der Waals surface area contributed by atoms with Crippen LogP contribution in [0.2, 0.25) is 5.02 Å². The quantitative estimate of drug-likeness (QED) is 0.262. The summed E-state index contributed by atoms with van der Waals surface area (Å²) in [5.41, 5.74) is 4.65. The number of rotatable bonds is 7. The number of amides is 1. The van der Waals surface area contributed by atoms with Gasteiger partial charge in [-0.05, 0) is 74.1 Å². The smallest absolute Gasteiger partial charge is 0.226 e. The molecule has 5 rings (SSSR count). The number of hydrogen-bond acceptors (Lipinski definition) is 4. The Morgan fingerprint density at radius 2 is 1.89 bits per heavy atom. The van der Waals surface area contributed by atoms with Gasteiger partial charge in [0.15, 0.2) is 5.11 Å². The highest BCUT2D eigenvalue weighted by Crippen LogP contribution is 2.41. The molecule has 0 aliphatic carbocycles. The van der Waals surface area contributed by atoms with Crippen molar-refractivity contribution in [3.63, 3.8) is 0 Å². The Labute approximate surface area is 226 Å². The van der Waals surface area contributed by atoms with Gasteiger partial charge in [0.25, 0.3) is 0 Å². The Hall–Kier alpha value is -3.68. The number of aryl methyl sites for hydroxylation is 1. The molecule has 2 aromatic carbocycles. The second kappa shape index (κ2) is 10.7. The average Bonchev–Trinajstić information content (AvgIpc) is 3.51. The van der Waals surface area contributed by atoms with E-state index >= 15 is 0 Å². The second-order valence-corrected chi connectivity index (χ2v) is 9.89. The molecular weight excluding hydrogens is 504 g/mol. The summed E-state index contributed by atoms with van der Waals surface area (Å²) < 4.78 is 6.41. The van der Waals surface area contributed by atoms with Crippen molar-refractivity contribution in [2.75, 3.05) is 11.9 Å². The highest BCUT2D eigenvalue weighted by molar-refractivity contribution is 7.80. The van der Waals surface area contributed by atoms with Crippen molar-refractivity contribution in [1.29, 1.82) is 0 Å². The fraction of sp³-hybridized carbons (Fsp3) is 0.207. The molecule has 0 radical (unpaired) electrons. The summed E-state index contributed by atoms with van der Waals surface area (Å²) >= 11 is 12.1. The molecule has 2 atom stereocenters. The minimum absolute atomic E-state index is 0.0821. The van der Waals surface area contributed by atoms with Gasteiger partial charge in [-0.3, -0.25) is 9.78 Å². The van der Waals surface area contributed by atoms with Gasteiger partial charge >= 0.3 is 0 Å². The van der Waals surface area contributed by atoms with E-state index in [1.807, 2.05) is 91.5 Å². The summed E-state index contributed by atoms with van der Waals surface area (Å²) in [5.74, 6) is 1.38. The summed E-state index contributed by atoms with van der Waals surface area (Å²) in [5, 5.41) is 7.61. The molecule has 4 aromatic rings. The van der Waals surface area contributed by atoms with Crippen molar-refractivity contribution in [3.05, 3.63) is 107 Å². The van der Waals surface area contributed by atoms with Gasteiger partial charge in [0.05, 0.1) is 11.7 Å². The molecule has 1 saturated heterocycles. The maximum Gasteiger partial charge on any atom is 0.226 e. The molecule has 1 fully saturated rings. The topological polar surface area (TPSA) is 70.4 Å². The van der Waals surface area contributed by atoms with E-state index < -0.39 is 0 Å². The van der Waals surface area contributed by atoms with Crippen LogP contribution in [0.5, 0.6) is 0 Å². The number of furan rings is 1. The number of aromatic nitrogens is 1. The van der Waals surface area contributed by atoms with Gasteiger partial charge in [-0.15, -0.1) is 0 Å². The molecule has 1 aliphatic heterocycles. The van der Waals surface area contributed by atoms with Crippen molar-refractivity contribution in [1.82, 2.24) is 15.2 Å². The maximum atomic E-state index is 12.8. The number of carbonyl (C=O) groups excluding carboxylic acids is 1. The number of carbonyl (C=O) groups is 1. The molecule has 0 saturated carbocycles. The third kappa shape index (κ3) is 5.38. The van der Waals surface area contributed by atoms with Crippen LogP contribution in [0.4, 0.5) is 5.69 Å². The van der Waals surface area contributed by atoms with Crippen LogP contribution in [0.25, 0.3) is 11.3 Å². The first-order valence-electron chi connectivity index (χ1n) is 12.1. The first-order chi connectivity index (χ1) is 17.9. The molecule has 0 spiro atoms. The Kier molecular flexibility index (Phi) is 7.26. The first kappa shape index (κ1) is 25.0. The van der Waals surface area contributed by atoms with Gasteiger partial charge < -0.3 is 20.0 Å². The van der Waals surface area contributed by atoms with Gasteiger partial charge in [-0.1, -0.05) is 47.5 Å². The van der Waals surface area contributed by atoms with Crippen molar-refractivity contribution < 1.29 is 9.21 Å². The standard InChI is InChI=1S/C29H27ClN4O2S/c1-18-9-11-20(12-10-18)32-26(35)15-17-34-28(27(33-29(34)37)23-8-3-4-16-31-23)25-14-13-24(36-25)21-6-5-7-22(30)19(21)2/h3-14,16,27-28H,15,17H2,1-2H3,(H,32,35)(H,33,37)/t27-,28-/m0/s1. The van der Waals surface area contributed by atoms with Crippen LogP contribution >= 0.6 is 23.8 Å². The van der Waals surface area contributed by atoms with Gasteiger partial charge in [-0.2, -0.15) is 0 Å². The number of thiocarbonyl (C=S) groups is 1. The molecule has 0 unspecified atom stereocenters. The monoisotopic (exact) mass is 530 g/mol. The minimum Gasteiger partial charge on any atom is -0.459 e. The van der Waals surface area contributed by atoms with E-state index in [1.54, 1.807) is 6.20 Å². The Morgan fingerprint density at radius 3 is 2.65 bits per heavy atom. The van der Waals surface area contributed by atoms with Crippen LogP contribution in [0.15, 0.2) is 83.4 Å². The summed E-state index contributed by atoms with van der Waals surface area (Å²) in [6.45, 7) is 4.41. The molecule has 1 amide bonds. The minimum atomic E-state index is -0.275. The van der Waals surface area contributed by atoms with E-state index in [0.29, 0.717) is 16.7 Å².